The number of fused-ring (bicyclic) bond motifs is 1. The van der Waals surface area contributed by atoms with Gasteiger partial charge in [0.25, 0.3) is 0 Å². The van der Waals surface area contributed by atoms with Crippen LogP contribution in [0.15, 0.2) is 24.4 Å². The Morgan fingerprint density at radius 3 is 2.57 bits per heavy atom. The number of nitrogens with zero attached hydrogens (tertiary/aromatic N) is 1. The maximum absolute atomic E-state index is 5.50. The molecule has 0 spiro atoms. The molecule has 0 bridgehead atoms. The number of unbranched alkanes of at least 4 members (excludes halogenated alkanes) is 2. The van der Waals surface area contributed by atoms with E-state index in [0.29, 0.717) is 5.75 Å². The standard InChI is InChI=1S/C16H23N3O2/c1-20-14-10-12-6-9-19-16(13(12)11-15(14)21-2)18-8-5-3-4-7-17/h6,9-11H,3-5,7-8,17H2,1-2H3,(H,18,19). The Kier molecular flexibility index (Phi) is 5.63. The van der Waals surface area contributed by atoms with Crippen molar-refractivity contribution in [1.29, 1.82) is 0 Å². The van der Waals surface area contributed by atoms with Crippen molar-refractivity contribution in [2.45, 2.75) is 19.3 Å². The summed E-state index contributed by atoms with van der Waals surface area (Å²) in [5.74, 6) is 2.32. The lowest BCUT2D eigenvalue weighted by Crippen LogP contribution is -2.05. The first-order chi connectivity index (χ1) is 10.3. The molecular formula is C16H23N3O2. The summed E-state index contributed by atoms with van der Waals surface area (Å²) in [6.07, 6.45) is 5.08. The molecule has 1 aromatic carbocycles. The summed E-state index contributed by atoms with van der Waals surface area (Å²) in [7, 11) is 3.28. The van der Waals surface area contributed by atoms with E-state index in [1.165, 1.54) is 0 Å². The van der Waals surface area contributed by atoms with Crippen LogP contribution in [0.1, 0.15) is 19.3 Å². The van der Waals surface area contributed by atoms with Crippen LogP contribution >= 0.6 is 0 Å². The van der Waals surface area contributed by atoms with E-state index in [0.717, 1.165) is 54.7 Å². The van der Waals surface area contributed by atoms with Gasteiger partial charge in [-0.15, -0.1) is 0 Å². The van der Waals surface area contributed by atoms with Crippen molar-refractivity contribution in [3.8, 4) is 11.5 Å². The van der Waals surface area contributed by atoms with Crippen LogP contribution in [-0.2, 0) is 0 Å². The number of pyridine rings is 1. The number of benzene rings is 1. The number of aromatic nitrogens is 1. The first kappa shape index (κ1) is 15.4. The second-order valence-corrected chi connectivity index (χ2v) is 4.86. The predicted molar refractivity (Wildman–Crippen MR) is 86.2 cm³/mol. The minimum atomic E-state index is 0.712. The third kappa shape index (κ3) is 3.76. The van der Waals surface area contributed by atoms with Crippen molar-refractivity contribution >= 4 is 16.6 Å². The molecule has 1 aromatic heterocycles. The van der Waals surface area contributed by atoms with Gasteiger partial charge < -0.3 is 20.5 Å². The number of anilines is 1. The van der Waals surface area contributed by atoms with Crippen LogP contribution in [0.25, 0.3) is 10.8 Å². The number of rotatable bonds is 8. The molecule has 0 saturated heterocycles. The van der Waals surface area contributed by atoms with E-state index < -0.39 is 0 Å². The molecule has 1 heterocycles. The van der Waals surface area contributed by atoms with Gasteiger partial charge in [0, 0.05) is 18.1 Å². The number of hydrogen-bond donors (Lipinski definition) is 2. The Bertz CT molecular complexity index is 587. The van der Waals surface area contributed by atoms with Crippen molar-refractivity contribution in [2.75, 3.05) is 32.6 Å². The van der Waals surface area contributed by atoms with E-state index in [2.05, 4.69) is 10.3 Å². The first-order valence-corrected chi connectivity index (χ1v) is 7.25. The largest absolute Gasteiger partial charge is 0.493 e. The maximum atomic E-state index is 5.50. The summed E-state index contributed by atoms with van der Waals surface area (Å²) < 4.78 is 10.7. The molecule has 0 unspecified atom stereocenters. The van der Waals surface area contributed by atoms with E-state index in [4.69, 9.17) is 15.2 Å². The van der Waals surface area contributed by atoms with Crippen molar-refractivity contribution in [3.63, 3.8) is 0 Å². The SMILES string of the molecule is COc1cc2ccnc(NCCCCCN)c2cc1OC. The number of nitrogens with two attached hydrogens (primary N) is 1. The molecule has 3 N–H and O–H groups in total. The van der Waals surface area contributed by atoms with Crippen molar-refractivity contribution in [3.05, 3.63) is 24.4 Å². The Hall–Kier alpha value is -2.01. The molecule has 0 aliphatic heterocycles. The molecule has 0 aliphatic rings. The highest BCUT2D eigenvalue weighted by Gasteiger charge is 2.09. The van der Waals surface area contributed by atoms with Crippen molar-refractivity contribution < 1.29 is 9.47 Å². The van der Waals surface area contributed by atoms with Crippen LogP contribution in [0.4, 0.5) is 5.82 Å². The topological polar surface area (TPSA) is 69.4 Å². The van der Waals surface area contributed by atoms with Gasteiger partial charge in [-0.2, -0.15) is 0 Å². The van der Waals surface area contributed by atoms with Crippen LogP contribution < -0.4 is 20.5 Å². The predicted octanol–water partition coefficient (Wildman–Crippen LogP) is 2.79. The Balaban J connectivity index is 2.19. The van der Waals surface area contributed by atoms with E-state index in [1.807, 2.05) is 18.2 Å². The summed E-state index contributed by atoms with van der Waals surface area (Å²) in [4.78, 5) is 4.42. The highest BCUT2D eigenvalue weighted by Crippen LogP contribution is 2.34. The molecule has 5 heteroatoms. The average molecular weight is 289 g/mol. The first-order valence-electron chi connectivity index (χ1n) is 7.25. The summed E-state index contributed by atoms with van der Waals surface area (Å²) in [5.41, 5.74) is 5.50. The zero-order valence-corrected chi connectivity index (χ0v) is 12.7. The highest BCUT2D eigenvalue weighted by atomic mass is 16.5. The zero-order chi connectivity index (χ0) is 15.1. The van der Waals surface area contributed by atoms with Crippen molar-refractivity contribution in [2.24, 2.45) is 5.73 Å². The van der Waals surface area contributed by atoms with E-state index in [-0.39, 0.29) is 0 Å². The quantitative estimate of drug-likeness (QED) is 0.731. The minimum Gasteiger partial charge on any atom is -0.493 e. The fourth-order valence-electron chi connectivity index (χ4n) is 2.29. The summed E-state index contributed by atoms with van der Waals surface area (Å²) >= 11 is 0. The number of nitrogens with one attached hydrogen (secondary N) is 1. The fourth-order valence-corrected chi connectivity index (χ4v) is 2.29. The monoisotopic (exact) mass is 289 g/mol. The van der Waals surface area contributed by atoms with Crippen LogP contribution in [0.2, 0.25) is 0 Å². The molecule has 2 aromatic rings. The molecule has 0 fully saturated rings. The van der Waals surface area contributed by atoms with Crippen LogP contribution in [0, 0.1) is 0 Å². The van der Waals surface area contributed by atoms with Crippen LogP contribution in [0.3, 0.4) is 0 Å². The molecule has 21 heavy (non-hydrogen) atoms. The lowest BCUT2D eigenvalue weighted by molar-refractivity contribution is 0.356. The van der Waals surface area contributed by atoms with E-state index in [1.54, 1.807) is 20.4 Å². The van der Waals surface area contributed by atoms with E-state index in [9.17, 15) is 0 Å². The van der Waals surface area contributed by atoms with Gasteiger partial charge in [0.15, 0.2) is 11.5 Å². The number of ether oxygens (including phenoxy) is 2. The van der Waals surface area contributed by atoms with Gasteiger partial charge in [0.2, 0.25) is 0 Å². The van der Waals surface area contributed by atoms with Crippen LogP contribution in [0.5, 0.6) is 11.5 Å². The molecule has 5 nitrogen and oxygen atoms in total. The normalized spacial score (nSPS) is 10.6. The zero-order valence-electron chi connectivity index (χ0n) is 12.7. The third-order valence-electron chi connectivity index (χ3n) is 3.44. The van der Waals surface area contributed by atoms with Gasteiger partial charge in [0.05, 0.1) is 14.2 Å². The highest BCUT2D eigenvalue weighted by molar-refractivity contribution is 5.94. The minimum absolute atomic E-state index is 0.712. The number of hydrogen-bond acceptors (Lipinski definition) is 5. The summed E-state index contributed by atoms with van der Waals surface area (Å²) in [6.45, 7) is 1.64. The maximum Gasteiger partial charge on any atom is 0.161 e. The van der Waals surface area contributed by atoms with Gasteiger partial charge in [0.1, 0.15) is 5.82 Å². The number of methoxy groups -OCH3 is 2. The fraction of sp³-hybridized carbons (Fsp3) is 0.438. The average Bonchev–Trinajstić information content (AvgIpc) is 2.53. The Morgan fingerprint density at radius 1 is 1.10 bits per heavy atom. The van der Waals surface area contributed by atoms with Gasteiger partial charge in [-0.05, 0) is 43.0 Å². The molecule has 0 atom stereocenters. The van der Waals surface area contributed by atoms with Gasteiger partial charge in [-0.25, -0.2) is 4.98 Å². The van der Waals surface area contributed by atoms with Gasteiger partial charge >= 0.3 is 0 Å². The second kappa shape index (κ2) is 7.69. The molecule has 0 amide bonds. The van der Waals surface area contributed by atoms with Crippen LogP contribution in [-0.4, -0.2) is 32.3 Å². The lowest BCUT2D eigenvalue weighted by Gasteiger charge is -2.12. The molecule has 0 aliphatic carbocycles. The molecule has 2 rings (SSSR count). The summed E-state index contributed by atoms with van der Waals surface area (Å²) in [5, 5.41) is 5.50. The Morgan fingerprint density at radius 2 is 1.86 bits per heavy atom. The van der Waals surface area contributed by atoms with Crippen molar-refractivity contribution in [1.82, 2.24) is 4.98 Å². The van der Waals surface area contributed by atoms with Gasteiger partial charge in [-0.3, -0.25) is 0 Å². The molecule has 114 valence electrons. The lowest BCUT2D eigenvalue weighted by atomic mass is 10.1. The molecule has 0 saturated carbocycles. The second-order valence-electron chi connectivity index (χ2n) is 4.86. The molecule has 0 radical (unpaired) electrons. The summed E-state index contributed by atoms with van der Waals surface area (Å²) in [6, 6.07) is 5.90. The van der Waals surface area contributed by atoms with E-state index >= 15 is 0 Å². The Labute approximate surface area is 125 Å². The van der Waals surface area contributed by atoms with Gasteiger partial charge in [-0.1, -0.05) is 6.42 Å². The third-order valence-corrected chi connectivity index (χ3v) is 3.44. The smallest absolute Gasteiger partial charge is 0.161 e. The molecular weight excluding hydrogens is 266 g/mol.